The minimum Gasteiger partial charge on any atom is -0.300 e. The van der Waals surface area contributed by atoms with E-state index in [1.54, 1.807) is 0 Å². The first kappa shape index (κ1) is 8.28. The van der Waals surface area contributed by atoms with Crippen molar-refractivity contribution >= 4 is 0 Å². The van der Waals surface area contributed by atoms with Crippen LogP contribution < -0.4 is 0 Å². The highest BCUT2D eigenvalue weighted by Crippen LogP contribution is 2.55. The number of hydrogen-bond acceptors (Lipinski definition) is 1. The molecule has 3 rings (SSSR count). The Balaban J connectivity index is 1.77. The Hall–Kier alpha value is -0.0400. The standard InChI is InChI=1S/C12H21N/c1-12-5-4-10(9-12)8-11(12)13-6-2-3-7-13/h10-11H,2-9H2,1H3. The van der Waals surface area contributed by atoms with Crippen molar-refractivity contribution in [1.82, 2.24) is 4.90 Å². The summed E-state index contributed by atoms with van der Waals surface area (Å²) >= 11 is 0. The zero-order valence-corrected chi connectivity index (χ0v) is 8.76. The molecule has 0 N–H and O–H groups in total. The van der Waals surface area contributed by atoms with Crippen molar-refractivity contribution in [3.63, 3.8) is 0 Å². The first-order chi connectivity index (χ1) is 6.28. The lowest BCUT2D eigenvalue weighted by molar-refractivity contribution is 0.111. The van der Waals surface area contributed by atoms with Crippen LogP contribution in [0.1, 0.15) is 45.4 Å². The van der Waals surface area contributed by atoms with Gasteiger partial charge in [-0.3, -0.25) is 4.90 Å². The van der Waals surface area contributed by atoms with E-state index in [9.17, 15) is 0 Å². The lowest BCUT2D eigenvalue weighted by atomic mass is 9.81. The van der Waals surface area contributed by atoms with Gasteiger partial charge in [0.1, 0.15) is 0 Å². The molecule has 2 bridgehead atoms. The van der Waals surface area contributed by atoms with Gasteiger partial charge in [0.2, 0.25) is 0 Å². The topological polar surface area (TPSA) is 3.24 Å². The van der Waals surface area contributed by atoms with Gasteiger partial charge < -0.3 is 0 Å². The predicted octanol–water partition coefficient (Wildman–Crippen LogP) is 2.66. The quantitative estimate of drug-likeness (QED) is 0.598. The summed E-state index contributed by atoms with van der Waals surface area (Å²) in [5.74, 6) is 1.09. The normalized spacial score (nSPS) is 50.5. The number of fused-ring (bicyclic) bond motifs is 2. The fourth-order valence-electron chi connectivity index (χ4n) is 4.14. The molecule has 13 heavy (non-hydrogen) atoms. The first-order valence-corrected chi connectivity index (χ1v) is 6.02. The average Bonchev–Trinajstić information content (AvgIpc) is 2.72. The van der Waals surface area contributed by atoms with Crippen LogP contribution in [-0.4, -0.2) is 24.0 Å². The molecule has 1 aliphatic heterocycles. The lowest BCUT2D eigenvalue weighted by Gasteiger charge is -2.38. The van der Waals surface area contributed by atoms with Gasteiger partial charge in [-0.15, -0.1) is 0 Å². The Morgan fingerprint density at radius 1 is 1.23 bits per heavy atom. The zero-order valence-electron chi connectivity index (χ0n) is 8.76. The van der Waals surface area contributed by atoms with E-state index in [0.717, 1.165) is 17.4 Å². The van der Waals surface area contributed by atoms with Gasteiger partial charge >= 0.3 is 0 Å². The average molecular weight is 179 g/mol. The summed E-state index contributed by atoms with van der Waals surface area (Å²) in [7, 11) is 0. The SMILES string of the molecule is CC12CCC(CC1N1CCCC1)C2. The van der Waals surface area contributed by atoms with Gasteiger partial charge in [-0.25, -0.2) is 0 Å². The van der Waals surface area contributed by atoms with E-state index in [-0.39, 0.29) is 0 Å². The van der Waals surface area contributed by atoms with Crippen LogP contribution >= 0.6 is 0 Å². The maximum Gasteiger partial charge on any atom is 0.0152 e. The van der Waals surface area contributed by atoms with E-state index < -0.39 is 0 Å². The number of rotatable bonds is 1. The molecule has 3 aliphatic rings. The van der Waals surface area contributed by atoms with Crippen LogP contribution in [0.4, 0.5) is 0 Å². The van der Waals surface area contributed by atoms with E-state index in [0.29, 0.717) is 0 Å². The molecule has 2 saturated carbocycles. The third-order valence-corrected chi connectivity index (χ3v) is 4.82. The molecule has 3 unspecified atom stereocenters. The summed E-state index contributed by atoms with van der Waals surface area (Å²) in [5, 5.41) is 0. The Labute approximate surface area is 81.5 Å². The number of nitrogens with zero attached hydrogens (tertiary/aromatic N) is 1. The second kappa shape index (κ2) is 2.73. The highest BCUT2D eigenvalue weighted by atomic mass is 15.2. The van der Waals surface area contributed by atoms with Gasteiger partial charge in [0.15, 0.2) is 0 Å². The van der Waals surface area contributed by atoms with E-state index in [2.05, 4.69) is 11.8 Å². The predicted molar refractivity (Wildman–Crippen MR) is 54.7 cm³/mol. The summed E-state index contributed by atoms with van der Waals surface area (Å²) in [5.41, 5.74) is 0.717. The molecule has 3 atom stereocenters. The molecule has 0 aromatic heterocycles. The Kier molecular flexibility index (Phi) is 1.74. The van der Waals surface area contributed by atoms with Crippen molar-refractivity contribution in [2.24, 2.45) is 11.3 Å². The van der Waals surface area contributed by atoms with Gasteiger partial charge in [-0.2, -0.15) is 0 Å². The highest BCUT2D eigenvalue weighted by molar-refractivity contribution is 5.04. The molecule has 74 valence electrons. The molecular weight excluding hydrogens is 158 g/mol. The van der Waals surface area contributed by atoms with Crippen LogP contribution in [0.3, 0.4) is 0 Å². The second-order valence-corrected chi connectivity index (χ2v) is 5.76. The summed E-state index contributed by atoms with van der Waals surface area (Å²) in [6.45, 7) is 5.34. The highest BCUT2D eigenvalue weighted by Gasteiger charge is 2.50. The number of likely N-dealkylation sites (tertiary alicyclic amines) is 1. The third-order valence-electron chi connectivity index (χ3n) is 4.82. The van der Waals surface area contributed by atoms with Crippen LogP contribution in [0, 0.1) is 11.3 Å². The van der Waals surface area contributed by atoms with Crippen LogP contribution in [0.25, 0.3) is 0 Å². The molecule has 2 aliphatic carbocycles. The van der Waals surface area contributed by atoms with Gasteiger partial charge in [0.05, 0.1) is 0 Å². The van der Waals surface area contributed by atoms with Gasteiger partial charge in [0, 0.05) is 6.04 Å². The van der Waals surface area contributed by atoms with Crippen molar-refractivity contribution in [2.75, 3.05) is 13.1 Å². The monoisotopic (exact) mass is 179 g/mol. The van der Waals surface area contributed by atoms with Crippen LogP contribution in [-0.2, 0) is 0 Å². The third kappa shape index (κ3) is 1.16. The van der Waals surface area contributed by atoms with Crippen molar-refractivity contribution < 1.29 is 0 Å². The molecule has 1 heterocycles. The van der Waals surface area contributed by atoms with Gasteiger partial charge in [-0.05, 0) is 62.9 Å². The molecular formula is C12H21N. The molecule has 1 heteroatoms. The maximum absolute atomic E-state index is 2.79. The summed E-state index contributed by atoms with van der Waals surface area (Å²) in [4.78, 5) is 2.79. The minimum absolute atomic E-state index is 0.717. The van der Waals surface area contributed by atoms with Gasteiger partial charge in [-0.1, -0.05) is 6.92 Å². The summed E-state index contributed by atoms with van der Waals surface area (Å²) in [6, 6.07) is 0.966. The van der Waals surface area contributed by atoms with Crippen molar-refractivity contribution in [1.29, 1.82) is 0 Å². The molecule has 0 radical (unpaired) electrons. The Bertz CT molecular complexity index is 207. The molecule has 0 aromatic rings. The van der Waals surface area contributed by atoms with Crippen molar-refractivity contribution in [3.05, 3.63) is 0 Å². The summed E-state index contributed by atoms with van der Waals surface area (Å²) < 4.78 is 0. The lowest BCUT2D eigenvalue weighted by Crippen LogP contribution is -2.42. The Morgan fingerprint density at radius 3 is 2.54 bits per heavy atom. The van der Waals surface area contributed by atoms with E-state index in [4.69, 9.17) is 0 Å². The van der Waals surface area contributed by atoms with E-state index in [1.807, 2.05) is 0 Å². The minimum atomic E-state index is 0.717. The first-order valence-electron chi connectivity index (χ1n) is 6.02. The zero-order chi connectivity index (χ0) is 8.89. The second-order valence-electron chi connectivity index (χ2n) is 5.76. The number of hydrogen-bond donors (Lipinski definition) is 0. The van der Waals surface area contributed by atoms with Crippen molar-refractivity contribution in [2.45, 2.75) is 51.5 Å². The van der Waals surface area contributed by atoms with E-state index in [1.165, 1.54) is 51.6 Å². The fraction of sp³-hybridized carbons (Fsp3) is 1.00. The van der Waals surface area contributed by atoms with Crippen LogP contribution in [0.15, 0.2) is 0 Å². The van der Waals surface area contributed by atoms with Crippen LogP contribution in [0.5, 0.6) is 0 Å². The van der Waals surface area contributed by atoms with Crippen molar-refractivity contribution in [3.8, 4) is 0 Å². The van der Waals surface area contributed by atoms with Gasteiger partial charge in [0.25, 0.3) is 0 Å². The smallest absolute Gasteiger partial charge is 0.0152 e. The Morgan fingerprint density at radius 2 is 2.00 bits per heavy atom. The molecule has 0 aromatic carbocycles. The largest absolute Gasteiger partial charge is 0.300 e. The molecule has 1 saturated heterocycles. The molecule has 1 nitrogen and oxygen atoms in total. The maximum atomic E-state index is 2.79. The van der Waals surface area contributed by atoms with E-state index >= 15 is 0 Å². The summed E-state index contributed by atoms with van der Waals surface area (Å²) in [6.07, 6.45) is 9.01. The van der Waals surface area contributed by atoms with Crippen LogP contribution in [0.2, 0.25) is 0 Å². The molecule has 3 fully saturated rings. The fourth-order valence-corrected chi connectivity index (χ4v) is 4.14. The molecule has 0 spiro atoms. The molecule has 0 amide bonds.